The summed E-state index contributed by atoms with van der Waals surface area (Å²) in [5, 5.41) is 39.7. The van der Waals surface area contributed by atoms with Gasteiger partial charge in [0.25, 0.3) is 0 Å². The van der Waals surface area contributed by atoms with E-state index < -0.39 is 109 Å². The molecular weight excluding hydrogens is 1150 g/mol. The van der Waals surface area contributed by atoms with E-state index in [0.29, 0.717) is 37.9 Å². The topological polar surface area (TPSA) is 487 Å². The predicted molar refractivity (Wildman–Crippen MR) is 308 cm³/mol. The average molecular weight is 1220 g/mol. The number of carbonyl (C=O) groups is 14. The minimum absolute atomic E-state index is 0.000444. The average Bonchev–Trinajstić information content (AvgIpc) is 4.29. The molecule has 1 aromatic carbocycles. The van der Waals surface area contributed by atoms with E-state index in [0.717, 1.165) is 23.1 Å². The summed E-state index contributed by atoms with van der Waals surface area (Å²) in [6.07, 6.45) is 7.54. The molecule has 86 heavy (non-hydrogen) atoms. The third kappa shape index (κ3) is 33.0. The Bertz CT molecular complexity index is 2730. The van der Waals surface area contributed by atoms with E-state index in [9.17, 15) is 72.2 Å². The standard InChI is InChI=1S/C53H77N17O15S/c1-33(71)86-30-50(82)65-28-48(80)63-27-47(79)64-29-49(81)68-39(7-3-5-19-58-46(78)26-62-44(76)15-13-42(74)60-21-17-36-24-56-32-67-36)52(84)70-40(22-34-8-10-37(72)11-9-34)53(85)69-38(51(54)83)6-2-4-18-57-45(77)25-61-43(75)14-12-41(73)59-20-16-35-23-55-31-66-35/h8-11,23-24,31-32,38-40,72H,2-7,12-22,25-30H2,1H3,(H2,54,83)(H,55,66)(H,56,67)(H,57,77)(H,58,78)(H,59,73)(H,60,74)(H,61,75)(H,62,76)(H,63,80)(H,64,79)(H,65,82)(H,68,81)(H,69,85)(H,70,84). The Balaban J connectivity index is 1.56. The number of primary amides is 1. The molecule has 0 bridgehead atoms. The van der Waals surface area contributed by atoms with Crippen LogP contribution in [0.25, 0.3) is 0 Å². The fourth-order valence-electron chi connectivity index (χ4n) is 7.51. The summed E-state index contributed by atoms with van der Waals surface area (Å²) in [5.74, 6) is -8.80. The molecule has 0 saturated heterocycles. The summed E-state index contributed by atoms with van der Waals surface area (Å²) in [7, 11) is 0. The van der Waals surface area contributed by atoms with Crippen molar-refractivity contribution in [1.82, 2.24) is 83.7 Å². The highest BCUT2D eigenvalue weighted by molar-refractivity contribution is 8.14. The second-order valence-corrected chi connectivity index (χ2v) is 20.4. The minimum Gasteiger partial charge on any atom is -0.508 e. The van der Waals surface area contributed by atoms with Gasteiger partial charge in [-0.25, -0.2) is 9.97 Å². The molecule has 0 spiro atoms. The lowest BCUT2D eigenvalue weighted by molar-refractivity contribution is -0.133. The molecule has 32 nitrogen and oxygen atoms in total. The van der Waals surface area contributed by atoms with Gasteiger partial charge in [-0.15, -0.1) is 0 Å². The quantitative estimate of drug-likeness (QED) is 0.0236. The number of phenols is 1. The lowest BCUT2D eigenvalue weighted by Crippen LogP contribution is -2.57. The molecule has 3 aromatic rings. The van der Waals surface area contributed by atoms with Gasteiger partial charge < -0.3 is 84.6 Å². The van der Waals surface area contributed by atoms with Crippen molar-refractivity contribution in [3.8, 4) is 5.75 Å². The number of aromatic nitrogens is 4. The van der Waals surface area contributed by atoms with E-state index >= 15 is 0 Å². The van der Waals surface area contributed by atoms with Crippen molar-refractivity contribution in [3.05, 3.63) is 66.3 Å². The second-order valence-electron chi connectivity index (χ2n) is 19.2. The van der Waals surface area contributed by atoms with Crippen LogP contribution < -0.4 is 69.5 Å². The number of nitrogens with two attached hydrogens (primary N) is 1. The number of nitrogens with one attached hydrogen (secondary N) is 14. The van der Waals surface area contributed by atoms with Gasteiger partial charge in [-0.1, -0.05) is 23.9 Å². The number of carbonyl (C=O) groups excluding carboxylic acids is 14. The number of benzene rings is 1. The van der Waals surface area contributed by atoms with Gasteiger partial charge >= 0.3 is 0 Å². The fraction of sp³-hybridized carbons (Fsp3) is 0.509. The first kappa shape index (κ1) is 70.8. The van der Waals surface area contributed by atoms with Crippen molar-refractivity contribution in [2.45, 2.75) is 109 Å². The summed E-state index contributed by atoms with van der Waals surface area (Å²) in [4.78, 5) is 189. The van der Waals surface area contributed by atoms with Gasteiger partial charge in [-0.3, -0.25) is 67.1 Å². The molecule has 0 aliphatic heterocycles. The molecule has 33 heteroatoms. The van der Waals surface area contributed by atoms with Crippen LogP contribution in [0.5, 0.6) is 5.75 Å². The normalized spacial score (nSPS) is 11.6. The van der Waals surface area contributed by atoms with Crippen LogP contribution in [0.1, 0.15) is 88.1 Å². The number of phenolic OH excluding ortho intramolecular Hbond substituents is 1. The highest BCUT2D eigenvalue weighted by Gasteiger charge is 2.30. The second kappa shape index (κ2) is 40.7. The summed E-state index contributed by atoms with van der Waals surface area (Å²) in [6, 6.07) is 1.58. The van der Waals surface area contributed by atoms with Gasteiger partial charge in [0.05, 0.1) is 51.1 Å². The van der Waals surface area contributed by atoms with Crippen LogP contribution in [-0.2, 0) is 86.4 Å². The molecule has 3 unspecified atom stereocenters. The van der Waals surface area contributed by atoms with Crippen molar-refractivity contribution in [2.24, 2.45) is 5.73 Å². The van der Waals surface area contributed by atoms with Crippen LogP contribution in [0.15, 0.2) is 49.3 Å². The van der Waals surface area contributed by atoms with E-state index in [2.05, 4.69) is 83.7 Å². The van der Waals surface area contributed by atoms with E-state index in [4.69, 9.17) is 5.73 Å². The van der Waals surface area contributed by atoms with Crippen LogP contribution in [0.4, 0.5) is 0 Å². The molecule has 2 heterocycles. The van der Waals surface area contributed by atoms with E-state index in [1.807, 2.05) is 0 Å². The molecule has 17 N–H and O–H groups in total. The molecule has 2 aromatic heterocycles. The number of rotatable bonds is 42. The van der Waals surface area contributed by atoms with E-state index in [1.165, 1.54) is 43.8 Å². The third-order valence-corrected chi connectivity index (χ3v) is 13.0. The Labute approximate surface area is 498 Å². The SMILES string of the molecule is CC(=O)SCC(=O)NCC(=O)NCC(=O)NCC(=O)NC(CCCCNC(=O)CNC(=O)CCC(=O)NCCc1cnc[nH]1)C(=O)NC(Cc1ccc(O)cc1)C(=O)NC(CCCCNC(=O)CNC(=O)CCC(=O)NCCc1cnc[nH]1)C(N)=O. The van der Waals surface area contributed by atoms with Crippen molar-refractivity contribution in [2.75, 3.05) is 64.7 Å². The Morgan fingerprint density at radius 3 is 1.33 bits per heavy atom. The van der Waals surface area contributed by atoms with Crippen molar-refractivity contribution in [1.29, 1.82) is 0 Å². The summed E-state index contributed by atoms with van der Waals surface area (Å²) < 4.78 is 0. The van der Waals surface area contributed by atoms with Crippen molar-refractivity contribution >= 4 is 93.7 Å². The first-order valence-corrected chi connectivity index (χ1v) is 28.6. The maximum atomic E-state index is 14.1. The molecule has 0 aliphatic rings. The predicted octanol–water partition coefficient (Wildman–Crippen LogP) is -4.97. The van der Waals surface area contributed by atoms with E-state index in [1.54, 1.807) is 12.4 Å². The molecule has 0 radical (unpaired) electrons. The molecule has 3 rings (SSSR count). The highest BCUT2D eigenvalue weighted by Crippen LogP contribution is 2.13. The first-order chi connectivity index (χ1) is 41.1. The number of nitrogens with zero attached hydrogens (tertiary/aromatic N) is 2. The Hall–Kier alpha value is -9.43. The summed E-state index contributed by atoms with van der Waals surface area (Å²) >= 11 is 0.741. The van der Waals surface area contributed by atoms with Crippen LogP contribution in [0.2, 0.25) is 0 Å². The van der Waals surface area contributed by atoms with Gasteiger partial charge in [-0.05, 0) is 56.2 Å². The first-order valence-electron chi connectivity index (χ1n) is 27.6. The maximum absolute atomic E-state index is 14.1. The molecule has 13 amide bonds. The molecule has 3 atom stereocenters. The zero-order valence-electron chi connectivity index (χ0n) is 47.7. The van der Waals surface area contributed by atoms with Gasteiger partial charge in [0.1, 0.15) is 23.9 Å². The van der Waals surface area contributed by atoms with Crippen molar-refractivity contribution in [3.63, 3.8) is 0 Å². The zero-order valence-corrected chi connectivity index (χ0v) is 48.5. The van der Waals surface area contributed by atoms with Gasteiger partial charge in [0.15, 0.2) is 5.12 Å². The van der Waals surface area contributed by atoms with Gasteiger partial charge in [0.2, 0.25) is 76.8 Å². The fourth-order valence-corrected chi connectivity index (χ4v) is 7.95. The minimum atomic E-state index is -1.43. The number of amides is 13. The third-order valence-electron chi connectivity index (χ3n) is 12.1. The number of thioether (sulfide) groups is 1. The molecule has 470 valence electrons. The van der Waals surface area contributed by atoms with Crippen LogP contribution in [-0.4, -0.2) is 190 Å². The maximum Gasteiger partial charge on any atom is 0.243 e. The Kier molecular flexibility index (Phi) is 33.5. The molecule has 0 aliphatic carbocycles. The monoisotopic (exact) mass is 1220 g/mol. The van der Waals surface area contributed by atoms with E-state index in [-0.39, 0.29) is 112 Å². The molecule has 0 saturated carbocycles. The number of H-pyrrole nitrogens is 2. The Morgan fingerprint density at radius 1 is 0.477 bits per heavy atom. The van der Waals surface area contributed by atoms with Crippen LogP contribution >= 0.6 is 11.8 Å². The number of hydrogen-bond acceptors (Lipinski definition) is 18. The Morgan fingerprint density at radius 2 is 0.872 bits per heavy atom. The molecular formula is C53H77N17O15S. The largest absolute Gasteiger partial charge is 0.508 e. The summed E-state index contributed by atoms with van der Waals surface area (Å²) in [5.41, 5.74) is 7.81. The smallest absolute Gasteiger partial charge is 0.243 e. The zero-order chi connectivity index (χ0) is 63.1. The summed E-state index contributed by atoms with van der Waals surface area (Å²) in [6.45, 7) is -0.407. The highest BCUT2D eigenvalue weighted by atomic mass is 32.2. The van der Waals surface area contributed by atoms with Crippen LogP contribution in [0.3, 0.4) is 0 Å². The lowest BCUT2D eigenvalue weighted by Gasteiger charge is -2.25. The lowest BCUT2D eigenvalue weighted by atomic mass is 10.0. The number of aromatic hydroxyl groups is 1. The molecule has 0 fully saturated rings. The number of hydrogen-bond donors (Lipinski definition) is 16. The number of aromatic amines is 2. The van der Waals surface area contributed by atoms with Gasteiger partial charge in [0, 0.05) is 102 Å². The van der Waals surface area contributed by atoms with Crippen molar-refractivity contribution < 1.29 is 72.2 Å². The van der Waals surface area contributed by atoms with Crippen LogP contribution in [0, 0.1) is 0 Å². The number of imidazole rings is 2. The van der Waals surface area contributed by atoms with Gasteiger partial charge in [-0.2, -0.15) is 0 Å². The number of unbranched alkanes of at least 4 members (excludes halogenated alkanes) is 2.